The normalized spacial score (nSPS) is 20.7. The van der Waals surface area contributed by atoms with E-state index >= 15 is 0 Å². The maximum atomic E-state index is 12.9. The van der Waals surface area contributed by atoms with E-state index in [1.165, 1.54) is 18.2 Å². The summed E-state index contributed by atoms with van der Waals surface area (Å²) in [7, 11) is 0. The highest BCUT2D eigenvalue weighted by Crippen LogP contribution is 2.23. The van der Waals surface area contributed by atoms with Crippen LogP contribution in [-0.4, -0.2) is 23.1 Å². The van der Waals surface area contributed by atoms with Gasteiger partial charge in [-0.1, -0.05) is 23.8 Å². The number of nitrogens with one attached hydrogen (secondary N) is 2. The number of aliphatic carboxylic acids is 1. The summed E-state index contributed by atoms with van der Waals surface area (Å²) in [4.78, 5) is 22.5. The number of anilines is 1. The van der Waals surface area contributed by atoms with Gasteiger partial charge in [0.1, 0.15) is 5.82 Å². The fraction of sp³-hybridized carbons (Fsp3) is 0.231. The number of carbonyl (C=O) groups excluding carboxylic acids is 1. The summed E-state index contributed by atoms with van der Waals surface area (Å²) in [5.41, 5.74) is 0.280. The largest absolute Gasteiger partial charge is 0.481 e. The molecule has 1 aliphatic rings. The molecule has 0 spiro atoms. The van der Waals surface area contributed by atoms with Gasteiger partial charge in [0.2, 0.25) is 0 Å². The second-order valence-corrected chi connectivity index (χ2v) is 4.80. The molecule has 1 aromatic rings. The van der Waals surface area contributed by atoms with Crippen LogP contribution in [0.15, 0.2) is 30.4 Å². The Balaban J connectivity index is 1.90. The molecule has 0 saturated carbocycles. The first-order valence-electron chi connectivity index (χ1n) is 5.89. The number of urea groups is 1. The molecule has 0 bridgehead atoms. The molecule has 5 nitrogen and oxygen atoms in total. The molecule has 3 N–H and O–H groups in total. The van der Waals surface area contributed by atoms with Crippen molar-refractivity contribution in [3.05, 3.63) is 41.2 Å². The number of carboxylic acid groups (broad SMARTS) is 1. The van der Waals surface area contributed by atoms with Gasteiger partial charge < -0.3 is 15.7 Å². The van der Waals surface area contributed by atoms with E-state index in [2.05, 4.69) is 10.6 Å². The van der Waals surface area contributed by atoms with Gasteiger partial charge in [-0.3, -0.25) is 4.79 Å². The van der Waals surface area contributed by atoms with Crippen molar-refractivity contribution in [2.24, 2.45) is 5.92 Å². The standard InChI is InChI=1S/C13H12ClFN2O3/c14-10-6-8(15)2-4-11(10)17-13(20)16-9-3-1-7(5-9)12(18)19/h1-4,6-7,9H,5H2,(H,18,19)(H2,16,17,20). The molecule has 0 heterocycles. The molecule has 0 radical (unpaired) electrons. The molecule has 0 fully saturated rings. The average molecular weight is 299 g/mol. The Labute approximate surface area is 119 Å². The van der Waals surface area contributed by atoms with Crippen molar-refractivity contribution >= 4 is 29.3 Å². The van der Waals surface area contributed by atoms with Crippen LogP contribution < -0.4 is 10.6 Å². The quantitative estimate of drug-likeness (QED) is 0.751. The van der Waals surface area contributed by atoms with Crippen LogP contribution in [0.1, 0.15) is 6.42 Å². The van der Waals surface area contributed by atoms with Gasteiger partial charge >= 0.3 is 12.0 Å². The molecular formula is C13H12ClFN2O3. The van der Waals surface area contributed by atoms with Crippen molar-refractivity contribution in [1.82, 2.24) is 5.32 Å². The molecule has 2 atom stereocenters. The van der Waals surface area contributed by atoms with Crippen molar-refractivity contribution in [2.45, 2.75) is 12.5 Å². The highest BCUT2D eigenvalue weighted by molar-refractivity contribution is 6.33. The van der Waals surface area contributed by atoms with Gasteiger partial charge in [0.05, 0.1) is 22.7 Å². The molecular weight excluding hydrogens is 287 g/mol. The summed E-state index contributed by atoms with van der Waals surface area (Å²) in [5.74, 6) is -2.01. The van der Waals surface area contributed by atoms with E-state index in [0.717, 1.165) is 6.07 Å². The van der Waals surface area contributed by atoms with E-state index < -0.39 is 23.7 Å². The number of carboxylic acids is 1. The van der Waals surface area contributed by atoms with Crippen LogP contribution in [0.2, 0.25) is 5.02 Å². The van der Waals surface area contributed by atoms with Crippen LogP contribution in [-0.2, 0) is 4.79 Å². The molecule has 7 heteroatoms. The molecule has 2 unspecified atom stereocenters. The minimum absolute atomic E-state index is 0.0885. The zero-order valence-corrected chi connectivity index (χ0v) is 11.0. The van der Waals surface area contributed by atoms with Crippen LogP contribution in [0, 0.1) is 11.7 Å². The van der Waals surface area contributed by atoms with Crippen LogP contribution in [0.25, 0.3) is 0 Å². The maximum absolute atomic E-state index is 12.9. The van der Waals surface area contributed by atoms with Crippen LogP contribution in [0.5, 0.6) is 0 Å². The van der Waals surface area contributed by atoms with Gasteiger partial charge in [0, 0.05) is 0 Å². The third-order valence-corrected chi connectivity index (χ3v) is 3.21. The number of halogens is 2. The Kier molecular flexibility index (Phi) is 4.24. The molecule has 2 amide bonds. The summed E-state index contributed by atoms with van der Waals surface area (Å²) in [6.45, 7) is 0. The van der Waals surface area contributed by atoms with Crippen molar-refractivity contribution in [3.63, 3.8) is 0 Å². The lowest BCUT2D eigenvalue weighted by Gasteiger charge is -2.13. The highest BCUT2D eigenvalue weighted by Gasteiger charge is 2.25. The maximum Gasteiger partial charge on any atom is 0.319 e. The lowest BCUT2D eigenvalue weighted by atomic mass is 10.1. The van der Waals surface area contributed by atoms with E-state index in [4.69, 9.17) is 16.7 Å². The van der Waals surface area contributed by atoms with Crippen LogP contribution in [0.3, 0.4) is 0 Å². The fourth-order valence-corrected chi connectivity index (χ4v) is 2.12. The van der Waals surface area contributed by atoms with Crippen molar-refractivity contribution in [2.75, 3.05) is 5.32 Å². The summed E-state index contributed by atoms with van der Waals surface area (Å²) < 4.78 is 12.9. The first-order valence-corrected chi connectivity index (χ1v) is 6.27. The van der Waals surface area contributed by atoms with E-state index in [1.807, 2.05) is 0 Å². The Morgan fingerprint density at radius 3 is 2.70 bits per heavy atom. The minimum atomic E-state index is -0.924. The fourth-order valence-electron chi connectivity index (χ4n) is 1.91. The third kappa shape index (κ3) is 3.48. The van der Waals surface area contributed by atoms with Crippen molar-refractivity contribution in [3.8, 4) is 0 Å². The third-order valence-electron chi connectivity index (χ3n) is 2.90. The molecule has 1 aliphatic carbocycles. The van der Waals surface area contributed by atoms with Gasteiger partial charge in [-0.15, -0.1) is 0 Å². The van der Waals surface area contributed by atoms with Gasteiger partial charge in [-0.05, 0) is 24.6 Å². The molecule has 0 aliphatic heterocycles. The lowest BCUT2D eigenvalue weighted by molar-refractivity contribution is -0.140. The Bertz CT molecular complexity index is 577. The molecule has 0 saturated heterocycles. The van der Waals surface area contributed by atoms with E-state index in [9.17, 15) is 14.0 Å². The molecule has 20 heavy (non-hydrogen) atoms. The van der Waals surface area contributed by atoms with Crippen LogP contribution >= 0.6 is 11.6 Å². The van der Waals surface area contributed by atoms with Gasteiger partial charge in [0.15, 0.2) is 0 Å². The number of benzene rings is 1. The second kappa shape index (κ2) is 5.92. The number of hydrogen-bond donors (Lipinski definition) is 3. The van der Waals surface area contributed by atoms with E-state index in [0.29, 0.717) is 6.42 Å². The van der Waals surface area contributed by atoms with Gasteiger partial charge in [-0.2, -0.15) is 0 Å². The molecule has 2 rings (SSSR count). The highest BCUT2D eigenvalue weighted by atomic mass is 35.5. The van der Waals surface area contributed by atoms with Crippen LogP contribution in [0.4, 0.5) is 14.9 Å². The Morgan fingerprint density at radius 1 is 1.35 bits per heavy atom. The topological polar surface area (TPSA) is 78.4 Å². The van der Waals surface area contributed by atoms with Gasteiger partial charge in [0.25, 0.3) is 0 Å². The predicted octanol–water partition coefficient (Wildman–Crippen LogP) is 2.63. The Morgan fingerprint density at radius 2 is 2.10 bits per heavy atom. The van der Waals surface area contributed by atoms with E-state index in [1.54, 1.807) is 6.08 Å². The monoisotopic (exact) mass is 298 g/mol. The number of amides is 2. The number of carbonyl (C=O) groups is 2. The SMILES string of the molecule is O=C(Nc1ccc(F)cc1Cl)NC1C=CC(C(=O)O)C1. The minimum Gasteiger partial charge on any atom is -0.481 e. The lowest BCUT2D eigenvalue weighted by Crippen LogP contribution is -2.36. The predicted molar refractivity (Wildman–Crippen MR) is 72.2 cm³/mol. The first kappa shape index (κ1) is 14.3. The summed E-state index contributed by atoms with van der Waals surface area (Å²) in [6.07, 6.45) is 3.47. The van der Waals surface area contributed by atoms with E-state index in [-0.39, 0.29) is 16.8 Å². The first-order chi connectivity index (χ1) is 9.45. The Hall–Kier alpha value is -2.08. The second-order valence-electron chi connectivity index (χ2n) is 4.39. The number of rotatable bonds is 3. The summed E-state index contributed by atoms with van der Waals surface area (Å²) in [6, 6.07) is 2.74. The van der Waals surface area contributed by atoms with Crippen molar-refractivity contribution < 1.29 is 19.1 Å². The summed E-state index contributed by atoms with van der Waals surface area (Å²) in [5, 5.41) is 14.0. The average Bonchev–Trinajstić information content (AvgIpc) is 2.81. The molecule has 0 aromatic heterocycles. The molecule has 106 valence electrons. The smallest absolute Gasteiger partial charge is 0.319 e. The zero-order valence-electron chi connectivity index (χ0n) is 10.3. The zero-order chi connectivity index (χ0) is 14.7. The molecule has 1 aromatic carbocycles. The van der Waals surface area contributed by atoms with Crippen molar-refractivity contribution in [1.29, 1.82) is 0 Å². The summed E-state index contributed by atoms with van der Waals surface area (Å²) >= 11 is 5.78. The van der Waals surface area contributed by atoms with Gasteiger partial charge in [-0.25, -0.2) is 9.18 Å². The number of hydrogen-bond acceptors (Lipinski definition) is 2.